The fraction of sp³-hybridized carbons (Fsp3) is 0.333. The molecule has 0 saturated heterocycles. The Bertz CT molecular complexity index is 584. The van der Waals surface area contributed by atoms with Gasteiger partial charge in [0.05, 0.1) is 6.26 Å². The largest absolute Gasteiger partial charge is 0.462 e. The summed E-state index contributed by atoms with van der Waals surface area (Å²) in [6.45, 7) is 1.17. The number of halogens is 2. The number of amides is 1. The smallest absolute Gasteiger partial charge is 0.271 e. The molecule has 0 aromatic carbocycles. The van der Waals surface area contributed by atoms with Crippen LogP contribution in [0, 0.1) is 6.92 Å². The molecule has 2 rings (SSSR count). The Morgan fingerprint density at radius 3 is 2.95 bits per heavy atom. The van der Waals surface area contributed by atoms with Crippen LogP contribution >= 0.6 is 11.3 Å². The lowest BCUT2D eigenvalue weighted by Gasteiger charge is -2.09. The molecule has 2 aromatic rings. The molecule has 0 aliphatic carbocycles. The normalized spacial score (nSPS) is 12.7. The van der Waals surface area contributed by atoms with E-state index in [1.54, 1.807) is 19.1 Å². The zero-order chi connectivity index (χ0) is 14.7. The van der Waals surface area contributed by atoms with E-state index >= 15 is 0 Å². The van der Waals surface area contributed by atoms with E-state index in [0.717, 1.165) is 0 Å². The van der Waals surface area contributed by atoms with Crippen molar-refractivity contribution in [1.29, 1.82) is 0 Å². The van der Waals surface area contributed by atoms with Crippen LogP contribution in [0.2, 0.25) is 0 Å². The number of hydrogen-bond acceptors (Lipinski definition) is 5. The van der Waals surface area contributed by atoms with E-state index in [-0.39, 0.29) is 5.69 Å². The molecule has 1 unspecified atom stereocenters. The minimum absolute atomic E-state index is 0.142. The molecule has 0 aliphatic rings. The minimum atomic E-state index is -2.90. The third kappa shape index (κ3) is 3.20. The second-order valence-corrected chi connectivity index (χ2v) is 5.22. The van der Waals surface area contributed by atoms with Gasteiger partial charge < -0.3 is 14.8 Å². The van der Waals surface area contributed by atoms with Gasteiger partial charge in [0.25, 0.3) is 12.3 Å². The highest BCUT2D eigenvalue weighted by Gasteiger charge is 2.21. The first-order chi connectivity index (χ1) is 9.49. The number of aromatic nitrogens is 1. The maximum atomic E-state index is 12.1. The van der Waals surface area contributed by atoms with Crippen LogP contribution in [-0.2, 0) is 0 Å². The Kier molecular flexibility index (Phi) is 4.46. The third-order valence-electron chi connectivity index (χ3n) is 2.51. The van der Waals surface area contributed by atoms with Crippen molar-refractivity contribution in [1.82, 2.24) is 10.3 Å². The molecule has 2 heterocycles. The Morgan fingerprint density at radius 2 is 2.35 bits per heavy atom. The van der Waals surface area contributed by atoms with E-state index in [1.807, 2.05) is 0 Å². The minimum Gasteiger partial charge on any atom is -0.462 e. The van der Waals surface area contributed by atoms with Crippen LogP contribution < -0.4 is 5.32 Å². The fourth-order valence-electron chi connectivity index (χ4n) is 1.48. The summed E-state index contributed by atoms with van der Waals surface area (Å²) in [6.07, 6.45) is -3.29. The number of nitrogens with one attached hydrogen (secondary N) is 1. The number of aryl methyl sites for hydroxylation is 1. The Morgan fingerprint density at radius 1 is 1.60 bits per heavy atom. The lowest BCUT2D eigenvalue weighted by Crippen LogP contribution is -2.36. The summed E-state index contributed by atoms with van der Waals surface area (Å²) in [5.74, 6) is -0.0685. The van der Waals surface area contributed by atoms with Gasteiger partial charge in [-0.1, -0.05) is 0 Å². The standard InChI is InChI=1S/C12H12F2N2O3S/c1-6-9(11(18)15-5-7(17)10(13)14)16-12(20-6)8-3-2-4-19-8/h2-4,7,10,17H,5H2,1H3,(H,15,18). The summed E-state index contributed by atoms with van der Waals surface area (Å²) >= 11 is 1.26. The lowest BCUT2D eigenvalue weighted by molar-refractivity contribution is -0.00272. The fourth-order valence-corrected chi connectivity index (χ4v) is 2.36. The van der Waals surface area contributed by atoms with Crippen molar-refractivity contribution in [2.24, 2.45) is 0 Å². The summed E-state index contributed by atoms with van der Waals surface area (Å²) in [4.78, 5) is 16.6. The van der Waals surface area contributed by atoms with Crippen molar-refractivity contribution in [3.8, 4) is 10.8 Å². The van der Waals surface area contributed by atoms with Gasteiger partial charge in [0.15, 0.2) is 10.8 Å². The average Bonchev–Trinajstić information content (AvgIpc) is 3.04. The van der Waals surface area contributed by atoms with Gasteiger partial charge in [0.2, 0.25) is 0 Å². The maximum absolute atomic E-state index is 12.1. The average molecular weight is 302 g/mol. The number of thiazole rings is 1. The van der Waals surface area contributed by atoms with Crippen molar-refractivity contribution < 1.29 is 23.1 Å². The second-order valence-electron chi connectivity index (χ2n) is 4.01. The zero-order valence-corrected chi connectivity index (χ0v) is 11.3. The molecular weight excluding hydrogens is 290 g/mol. The second kappa shape index (κ2) is 6.10. The van der Waals surface area contributed by atoms with Crippen LogP contribution in [0.4, 0.5) is 8.78 Å². The van der Waals surface area contributed by atoms with Gasteiger partial charge in [0, 0.05) is 11.4 Å². The molecule has 108 valence electrons. The maximum Gasteiger partial charge on any atom is 0.271 e. The topological polar surface area (TPSA) is 75.4 Å². The zero-order valence-electron chi connectivity index (χ0n) is 10.5. The van der Waals surface area contributed by atoms with E-state index in [1.165, 1.54) is 17.6 Å². The molecule has 0 fully saturated rings. The molecule has 8 heteroatoms. The molecule has 0 spiro atoms. The Balaban J connectivity index is 2.07. The van der Waals surface area contributed by atoms with Gasteiger partial charge in [-0.15, -0.1) is 11.3 Å². The first kappa shape index (κ1) is 14.6. The molecule has 0 saturated carbocycles. The van der Waals surface area contributed by atoms with Gasteiger partial charge in [0.1, 0.15) is 11.8 Å². The molecule has 0 radical (unpaired) electrons. The van der Waals surface area contributed by atoms with Crippen molar-refractivity contribution >= 4 is 17.2 Å². The summed E-state index contributed by atoms with van der Waals surface area (Å²) in [5, 5.41) is 11.7. The van der Waals surface area contributed by atoms with Gasteiger partial charge in [-0.2, -0.15) is 0 Å². The van der Waals surface area contributed by atoms with Crippen LogP contribution in [0.15, 0.2) is 22.8 Å². The van der Waals surface area contributed by atoms with Crippen LogP contribution in [0.1, 0.15) is 15.4 Å². The summed E-state index contributed by atoms with van der Waals surface area (Å²) in [6, 6.07) is 3.41. The number of hydrogen-bond donors (Lipinski definition) is 2. The lowest BCUT2D eigenvalue weighted by atomic mass is 10.3. The predicted molar refractivity (Wildman–Crippen MR) is 68.9 cm³/mol. The first-order valence-corrected chi connectivity index (χ1v) is 6.56. The number of aliphatic hydroxyl groups is 1. The highest BCUT2D eigenvalue weighted by molar-refractivity contribution is 7.15. The van der Waals surface area contributed by atoms with Crippen LogP contribution in [0.5, 0.6) is 0 Å². The Hall–Kier alpha value is -1.80. The van der Waals surface area contributed by atoms with Crippen molar-refractivity contribution in [3.05, 3.63) is 29.0 Å². The number of carbonyl (C=O) groups excluding carboxylic acids is 1. The monoisotopic (exact) mass is 302 g/mol. The van der Waals surface area contributed by atoms with Crippen LogP contribution in [0.25, 0.3) is 10.8 Å². The van der Waals surface area contributed by atoms with E-state index in [2.05, 4.69) is 10.3 Å². The number of carbonyl (C=O) groups is 1. The van der Waals surface area contributed by atoms with Gasteiger partial charge in [-0.3, -0.25) is 4.79 Å². The van der Waals surface area contributed by atoms with Gasteiger partial charge >= 0.3 is 0 Å². The summed E-state index contributed by atoms with van der Waals surface area (Å²) in [7, 11) is 0. The number of nitrogens with zero attached hydrogens (tertiary/aromatic N) is 1. The Labute approximate surface area is 117 Å². The van der Waals surface area contributed by atoms with Crippen LogP contribution in [-0.4, -0.2) is 35.1 Å². The number of rotatable bonds is 5. The highest BCUT2D eigenvalue weighted by atomic mass is 32.1. The third-order valence-corrected chi connectivity index (χ3v) is 3.49. The van der Waals surface area contributed by atoms with Crippen molar-refractivity contribution in [2.75, 3.05) is 6.54 Å². The predicted octanol–water partition coefficient (Wildman–Crippen LogP) is 2.07. The van der Waals surface area contributed by atoms with E-state index in [4.69, 9.17) is 9.52 Å². The SMILES string of the molecule is Cc1sc(-c2ccco2)nc1C(=O)NCC(O)C(F)F. The number of furan rings is 1. The summed E-state index contributed by atoms with van der Waals surface area (Å²) in [5.41, 5.74) is 0.142. The van der Waals surface area contributed by atoms with E-state index < -0.39 is 25.0 Å². The molecular formula is C12H12F2N2O3S. The molecule has 2 aromatic heterocycles. The van der Waals surface area contributed by atoms with E-state index in [0.29, 0.717) is 15.6 Å². The molecule has 1 atom stereocenters. The van der Waals surface area contributed by atoms with E-state index in [9.17, 15) is 13.6 Å². The quantitative estimate of drug-likeness (QED) is 0.886. The van der Waals surface area contributed by atoms with Gasteiger partial charge in [-0.25, -0.2) is 13.8 Å². The number of aliphatic hydroxyl groups excluding tert-OH is 1. The molecule has 2 N–H and O–H groups in total. The molecule has 20 heavy (non-hydrogen) atoms. The van der Waals surface area contributed by atoms with Crippen LogP contribution in [0.3, 0.4) is 0 Å². The molecule has 1 amide bonds. The first-order valence-electron chi connectivity index (χ1n) is 5.74. The molecule has 0 aliphatic heterocycles. The van der Waals surface area contributed by atoms with Crippen molar-refractivity contribution in [3.63, 3.8) is 0 Å². The molecule has 0 bridgehead atoms. The highest BCUT2D eigenvalue weighted by Crippen LogP contribution is 2.27. The number of alkyl halides is 2. The summed E-state index contributed by atoms with van der Waals surface area (Å²) < 4.78 is 29.4. The van der Waals surface area contributed by atoms with Gasteiger partial charge in [-0.05, 0) is 19.1 Å². The molecule has 5 nitrogen and oxygen atoms in total. The van der Waals surface area contributed by atoms with Crippen molar-refractivity contribution in [2.45, 2.75) is 19.5 Å².